The van der Waals surface area contributed by atoms with Crippen LogP contribution in [0.15, 0.2) is 40.3 Å². The summed E-state index contributed by atoms with van der Waals surface area (Å²) in [7, 11) is 2.96. The van der Waals surface area contributed by atoms with E-state index in [0.717, 1.165) is 11.8 Å². The Hall–Kier alpha value is -3.11. The fourth-order valence-electron chi connectivity index (χ4n) is 3.32. The molecule has 8 nitrogen and oxygen atoms in total. The number of aliphatic hydroxyl groups is 1. The number of aliphatic hydroxyl groups excluding tert-OH is 1. The lowest BCUT2D eigenvalue weighted by atomic mass is 10.2. The van der Waals surface area contributed by atoms with E-state index >= 15 is 0 Å². The van der Waals surface area contributed by atoms with E-state index in [1.54, 1.807) is 31.2 Å². The summed E-state index contributed by atoms with van der Waals surface area (Å²) >= 11 is 1.06. The van der Waals surface area contributed by atoms with Crippen molar-refractivity contribution < 1.29 is 23.8 Å². The maximum atomic E-state index is 13.8. The van der Waals surface area contributed by atoms with Crippen LogP contribution < -0.4 is 20.3 Å². The Morgan fingerprint density at radius 3 is 2.55 bits per heavy atom. The quantitative estimate of drug-likeness (QED) is 0.360. The summed E-state index contributed by atoms with van der Waals surface area (Å²) in [5.74, 6) is -0.0589. The van der Waals surface area contributed by atoms with Crippen molar-refractivity contribution in [2.75, 3.05) is 31.9 Å². The highest BCUT2D eigenvalue weighted by Gasteiger charge is 2.21. The van der Waals surface area contributed by atoms with Gasteiger partial charge in [-0.2, -0.15) is 0 Å². The molecule has 2 aromatic carbocycles. The Morgan fingerprint density at radius 1 is 1.24 bits per heavy atom. The fraction of sp³-hybridized carbons (Fsp3) is 0.348. The molecule has 1 heterocycles. The number of amides is 1. The molecule has 0 aliphatic rings. The molecule has 1 atom stereocenters. The SMILES string of the molecule is CCC(CO)n1c(SCC(=O)Nc2ccc(C)c(F)c2)nc2cc(OC)c(OC)cc2c1=O. The summed E-state index contributed by atoms with van der Waals surface area (Å²) in [6, 6.07) is 7.08. The van der Waals surface area contributed by atoms with E-state index in [4.69, 9.17) is 9.47 Å². The van der Waals surface area contributed by atoms with Crippen molar-refractivity contribution in [3.05, 3.63) is 52.1 Å². The van der Waals surface area contributed by atoms with Crippen LogP contribution in [0.5, 0.6) is 11.5 Å². The Morgan fingerprint density at radius 2 is 1.94 bits per heavy atom. The van der Waals surface area contributed by atoms with Gasteiger partial charge >= 0.3 is 0 Å². The van der Waals surface area contributed by atoms with Crippen LogP contribution in [-0.4, -0.2) is 47.1 Å². The number of methoxy groups -OCH3 is 2. The minimum atomic E-state index is -0.515. The molecular formula is C23H26FN3O5S. The highest BCUT2D eigenvalue weighted by atomic mass is 32.2. The number of aryl methyl sites for hydroxylation is 1. The maximum Gasteiger partial charge on any atom is 0.262 e. The van der Waals surface area contributed by atoms with Gasteiger partial charge in [-0.05, 0) is 37.1 Å². The average Bonchev–Trinajstić information content (AvgIpc) is 2.81. The highest BCUT2D eigenvalue weighted by molar-refractivity contribution is 7.99. The largest absolute Gasteiger partial charge is 0.493 e. The van der Waals surface area contributed by atoms with Crippen LogP contribution in [0.1, 0.15) is 24.9 Å². The number of ether oxygens (including phenoxy) is 2. The van der Waals surface area contributed by atoms with E-state index in [9.17, 15) is 19.1 Å². The minimum Gasteiger partial charge on any atom is -0.493 e. The lowest BCUT2D eigenvalue weighted by Crippen LogP contribution is -2.29. The van der Waals surface area contributed by atoms with Crippen LogP contribution in [0.3, 0.4) is 0 Å². The molecule has 10 heteroatoms. The maximum absolute atomic E-state index is 13.8. The lowest BCUT2D eigenvalue weighted by Gasteiger charge is -2.20. The molecule has 0 aliphatic carbocycles. The normalized spacial score (nSPS) is 11.9. The number of carbonyl (C=O) groups excluding carboxylic acids is 1. The summed E-state index contributed by atoms with van der Waals surface area (Å²) in [6.07, 6.45) is 0.485. The van der Waals surface area contributed by atoms with Gasteiger partial charge in [-0.3, -0.25) is 14.2 Å². The van der Waals surface area contributed by atoms with Crippen molar-refractivity contribution in [1.29, 1.82) is 0 Å². The van der Waals surface area contributed by atoms with Gasteiger partial charge in [0.15, 0.2) is 16.7 Å². The Labute approximate surface area is 194 Å². The molecule has 33 heavy (non-hydrogen) atoms. The predicted molar refractivity (Wildman–Crippen MR) is 126 cm³/mol. The number of carbonyl (C=O) groups is 1. The second-order valence-electron chi connectivity index (χ2n) is 7.34. The van der Waals surface area contributed by atoms with Crippen molar-refractivity contribution >= 4 is 34.3 Å². The highest BCUT2D eigenvalue weighted by Crippen LogP contribution is 2.32. The summed E-state index contributed by atoms with van der Waals surface area (Å²) in [5, 5.41) is 13.1. The second kappa shape index (κ2) is 10.7. The van der Waals surface area contributed by atoms with E-state index in [1.165, 1.54) is 24.9 Å². The van der Waals surface area contributed by atoms with Crippen molar-refractivity contribution in [2.24, 2.45) is 0 Å². The smallest absolute Gasteiger partial charge is 0.262 e. The molecule has 0 spiro atoms. The molecule has 1 amide bonds. The molecule has 0 aliphatic heterocycles. The third-order valence-corrected chi connectivity index (χ3v) is 6.16. The van der Waals surface area contributed by atoms with Crippen molar-refractivity contribution in [3.8, 4) is 11.5 Å². The predicted octanol–water partition coefficient (Wildman–Crippen LogP) is 3.54. The summed E-state index contributed by atoms with van der Waals surface area (Å²) < 4.78 is 25.8. The molecule has 0 radical (unpaired) electrons. The van der Waals surface area contributed by atoms with Crippen molar-refractivity contribution in [1.82, 2.24) is 9.55 Å². The molecule has 0 saturated heterocycles. The average molecular weight is 476 g/mol. The van der Waals surface area contributed by atoms with Crippen LogP contribution in [-0.2, 0) is 4.79 Å². The van der Waals surface area contributed by atoms with Gasteiger partial charge in [-0.1, -0.05) is 24.8 Å². The van der Waals surface area contributed by atoms with E-state index in [-0.39, 0.29) is 29.0 Å². The number of anilines is 1. The first-order valence-electron chi connectivity index (χ1n) is 10.3. The van der Waals surface area contributed by atoms with Crippen molar-refractivity contribution in [2.45, 2.75) is 31.5 Å². The number of aromatic nitrogens is 2. The molecule has 0 bridgehead atoms. The Bertz CT molecular complexity index is 1230. The van der Waals surface area contributed by atoms with Gasteiger partial charge in [0.25, 0.3) is 5.56 Å². The van der Waals surface area contributed by atoms with Crippen LogP contribution in [0.2, 0.25) is 0 Å². The zero-order valence-electron chi connectivity index (χ0n) is 18.8. The van der Waals surface area contributed by atoms with Crippen LogP contribution in [0.4, 0.5) is 10.1 Å². The van der Waals surface area contributed by atoms with Gasteiger partial charge < -0.3 is 19.9 Å². The third kappa shape index (κ3) is 5.28. The van der Waals surface area contributed by atoms with E-state index < -0.39 is 11.9 Å². The Kier molecular flexibility index (Phi) is 7.93. The number of halogens is 1. The number of nitrogens with zero attached hydrogens (tertiary/aromatic N) is 2. The molecular weight excluding hydrogens is 449 g/mol. The van der Waals surface area contributed by atoms with Crippen molar-refractivity contribution in [3.63, 3.8) is 0 Å². The van der Waals surface area contributed by atoms with E-state index in [2.05, 4.69) is 10.3 Å². The third-order valence-electron chi connectivity index (χ3n) is 5.21. The van der Waals surface area contributed by atoms with Crippen LogP contribution >= 0.6 is 11.8 Å². The molecule has 3 aromatic rings. The van der Waals surface area contributed by atoms with Gasteiger partial charge in [0, 0.05) is 11.8 Å². The first-order chi connectivity index (χ1) is 15.8. The van der Waals surface area contributed by atoms with Crippen LogP contribution in [0.25, 0.3) is 10.9 Å². The van der Waals surface area contributed by atoms with Gasteiger partial charge in [0.1, 0.15) is 5.82 Å². The number of fused-ring (bicyclic) bond motifs is 1. The number of hydrogen-bond acceptors (Lipinski definition) is 7. The first kappa shape index (κ1) is 24.5. The molecule has 1 unspecified atom stereocenters. The molecule has 0 saturated carbocycles. The van der Waals surface area contributed by atoms with Crippen LogP contribution in [0, 0.1) is 12.7 Å². The first-order valence-corrected chi connectivity index (χ1v) is 11.3. The van der Waals surface area contributed by atoms with Gasteiger partial charge in [-0.25, -0.2) is 9.37 Å². The monoisotopic (exact) mass is 475 g/mol. The number of nitrogens with one attached hydrogen (secondary N) is 1. The summed E-state index contributed by atoms with van der Waals surface area (Å²) in [4.78, 5) is 30.4. The lowest BCUT2D eigenvalue weighted by molar-refractivity contribution is -0.113. The summed E-state index contributed by atoms with van der Waals surface area (Å²) in [6.45, 7) is 3.22. The molecule has 1 aromatic heterocycles. The topological polar surface area (TPSA) is 103 Å². The molecule has 2 N–H and O–H groups in total. The van der Waals surface area contributed by atoms with Gasteiger partial charge in [0.2, 0.25) is 5.91 Å². The van der Waals surface area contributed by atoms with E-state index in [0.29, 0.717) is 40.1 Å². The number of benzene rings is 2. The standard InChI is InChI=1S/C23H26FN3O5S/c1-5-15(11-28)27-22(30)16-9-19(31-3)20(32-4)10-18(16)26-23(27)33-12-21(29)25-14-7-6-13(2)17(24)8-14/h6-10,15,28H,5,11-12H2,1-4H3,(H,25,29). The molecule has 176 valence electrons. The zero-order valence-corrected chi connectivity index (χ0v) is 19.7. The van der Waals surface area contributed by atoms with E-state index in [1.807, 2.05) is 6.92 Å². The number of hydrogen-bond donors (Lipinski definition) is 2. The second-order valence-corrected chi connectivity index (χ2v) is 8.28. The fourth-order valence-corrected chi connectivity index (χ4v) is 4.19. The Balaban J connectivity index is 1.97. The number of rotatable bonds is 9. The minimum absolute atomic E-state index is 0.0669. The molecule has 3 rings (SSSR count). The number of thioether (sulfide) groups is 1. The molecule has 0 fully saturated rings. The van der Waals surface area contributed by atoms with Gasteiger partial charge in [0.05, 0.1) is 43.5 Å². The summed E-state index contributed by atoms with van der Waals surface area (Å²) in [5.41, 5.74) is 0.843. The van der Waals surface area contributed by atoms with Gasteiger partial charge in [-0.15, -0.1) is 0 Å². The zero-order chi connectivity index (χ0) is 24.1.